The zero-order valence-corrected chi connectivity index (χ0v) is 16.5. The van der Waals surface area contributed by atoms with Crippen LogP contribution < -0.4 is 4.90 Å². The van der Waals surface area contributed by atoms with Crippen LogP contribution in [0.3, 0.4) is 0 Å². The molecule has 0 aromatic carbocycles. The van der Waals surface area contributed by atoms with E-state index in [-0.39, 0.29) is 5.25 Å². The number of fused-ring (bicyclic) bond motifs is 1. The second-order valence-corrected chi connectivity index (χ2v) is 11.6. The maximum absolute atomic E-state index is 13.3. The van der Waals surface area contributed by atoms with Gasteiger partial charge in [-0.3, -0.25) is 4.21 Å². The Labute approximate surface area is 150 Å². The molecule has 25 heavy (non-hydrogen) atoms. The Morgan fingerprint density at radius 3 is 2.80 bits per heavy atom. The van der Waals surface area contributed by atoms with Crippen LogP contribution in [0.2, 0.25) is 0 Å². The zero-order chi connectivity index (χ0) is 17.8. The molecule has 7 heteroatoms. The minimum atomic E-state index is -2.31. The number of hydrogen-bond acceptors (Lipinski definition) is 4. The monoisotopic (exact) mass is 363 g/mol. The molecule has 2 aliphatic rings. The molecule has 0 radical (unpaired) electrons. The summed E-state index contributed by atoms with van der Waals surface area (Å²) < 4.78 is 15.5. The van der Waals surface area contributed by atoms with Gasteiger partial charge in [-0.15, -0.1) is 0 Å². The number of H-pyrrole nitrogens is 1. The predicted octanol–water partition coefficient (Wildman–Crippen LogP) is 2.22. The van der Waals surface area contributed by atoms with E-state index in [1.54, 1.807) is 6.33 Å². The van der Waals surface area contributed by atoms with Gasteiger partial charge in [0.15, 0.2) is 0 Å². The van der Waals surface area contributed by atoms with Crippen LogP contribution in [0.1, 0.15) is 33.1 Å². The molecule has 4 rings (SSSR count). The summed E-state index contributed by atoms with van der Waals surface area (Å²) in [4.78, 5) is 14.4. The molecule has 138 valence electrons. The zero-order valence-electron chi connectivity index (χ0n) is 15.6. The molecule has 0 bridgehead atoms. The number of aromatic nitrogens is 3. The largest absolute Gasteiger partial charge is 0.354 e. The summed E-state index contributed by atoms with van der Waals surface area (Å²) in [5.74, 6) is 0.972. The van der Waals surface area contributed by atoms with Crippen LogP contribution in [0.5, 0.6) is 0 Å². The minimum absolute atomic E-state index is 0.196. The van der Waals surface area contributed by atoms with Gasteiger partial charge in [0.2, 0.25) is 0 Å². The van der Waals surface area contributed by atoms with Gasteiger partial charge in [-0.1, -0.05) is 24.0 Å². The van der Waals surface area contributed by atoms with E-state index < -0.39 is 10.1 Å². The molecule has 0 unspecified atom stereocenters. The second kappa shape index (κ2) is 5.77. The summed E-state index contributed by atoms with van der Waals surface area (Å²) in [6.07, 6.45) is 9.17. The molecule has 0 amide bonds. The topological polar surface area (TPSA) is 65.1 Å². The summed E-state index contributed by atoms with van der Waals surface area (Å²) in [5, 5.41) is 1.25. The van der Waals surface area contributed by atoms with Crippen molar-refractivity contribution in [1.82, 2.24) is 19.3 Å². The van der Waals surface area contributed by atoms with E-state index >= 15 is 0 Å². The standard InChI is InChI=1S/C18H29N5OS/c1-13(2)25(4,24)23-10-8-18(6-7-18)15(11-23)22(3)17-14-5-9-19-16(14)20-12-21-17/h5,9,12-13,15,25H,6-8,10-11H2,1-4H3,(H,19,20,21)/t15-/m0/s1. The first kappa shape index (κ1) is 17.0. The van der Waals surface area contributed by atoms with Gasteiger partial charge in [-0.2, -0.15) is 0 Å². The third-order valence-electron chi connectivity index (χ3n) is 6.50. The highest BCUT2D eigenvalue weighted by Gasteiger charge is 2.54. The Morgan fingerprint density at radius 2 is 2.12 bits per heavy atom. The first-order valence-corrected chi connectivity index (χ1v) is 11.4. The van der Waals surface area contributed by atoms with Gasteiger partial charge in [-0.05, 0) is 30.7 Å². The van der Waals surface area contributed by atoms with Gasteiger partial charge in [0.25, 0.3) is 0 Å². The highest BCUT2D eigenvalue weighted by atomic mass is 32.3. The fourth-order valence-electron chi connectivity index (χ4n) is 4.25. The first-order chi connectivity index (χ1) is 11.8. The van der Waals surface area contributed by atoms with Crippen molar-refractivity contribution in [2.75, 3.05) is 31.3 Å². The summed E-state index contributed by atoms with van der Waals surface area (Å²) in [5.41, 5.74) is 1.24. The first-order valence-electron chi connectivity index (χ1n) is 9.19. The lowest BCUT2D eigenvalue weighted by Gasteiger charge is -2.48. The summed E-state index contributed by atoms with van der Waals surface area (Å²) >= 11 is 0. The number of piperidine rings is 1. The number of rotatable bonds is 4. The normalized spacial score (nSPS) is 24.1. The Morgan fingerprint density at radius 1 is 1.36 bits per heavy atom. The Kier molecular flexibility index (Phi) is 3.92. The molecule has 2 fully saturated rings. The van der Waals surface area contributed by atoms with Gasteiger partial charge in [0.1, 0.15) is 17.8 Å². The van der Waals surface area contributed by atoms with E-state index in [1.165, 1.54) is 12.8 Å². The Bertz CT molecular complexity index is 828. The average Bonchev–Trinajstić information content (AvgIpc) is 3.18. The smallest absolute Gasteiger partial charge is 0.142 e. The molecule has 1 spiro atoms. The number of hydrogen-bond donors (Lipinski definition) is 2. The molecule has 1 atom stereocenters. The van der Waals surface area contributed by atoms with Crippen molar-refractivity contribution < 1.29 is 4.21 Å². The second-order valence-electron chi connectivity index (χ2n) is 8.13. The van der Waals surface area contributed by atoms with Crippen LogP contribution in [-0.4, -0.2) is 61.2 Å². The molecular weight excluding hydrogens is 334 g/mol. The van der Waals surface area contributed by atoms with Crippen molar-refractivity contribution in [2.45, 2.75) is 44.4 Å². The number of nitrogens with zero attached hydrogens (tertiary/aromatic N) is 4. The molecule has 1 N–H and O–H groups in total. The van der Waals surface area contributed by atoms with Crippen LogP contribution in [-0.2, 0) is 10.1 Å². The van der Waals surface area contributed by atoms with Gasteiger partial charge >= 0.3 is 0 Å². The van der Waals surface area contributed by atoms with Crippen molar-refractivity contribution in [3.05, 3.63) is 18.6 Å². The summed E-state index contributed by atoms with van der Waals surface area (Å²) in [6.45, 7) is 5.97. The van der Waals surface area contributed by atoms with Gasteiger partial charge in [0.05, 0.1) is 5.39 Å². The van der Waals surface area contributed by atoms with Gasteiger partial charge in [-0.25, -0.2) is 14.3 Å². The summed E-state index contributed by atoms with van der Waals surface area (Å²) in [7, 11) is -0.168. The van der Waals surface area contributed by atoms with E-state index in [1.807, 2.05) is 18.5 Å². The lowest BCUT2D eigenvalue weighted by Crippen LogP contribution is -2.57. The third kappa shape index (κ3) is 2.68. The molecule has 6 nitrogen and oxygen atoms in total. The lowest BCUT2D eigenvalue weighted by atomic mass is 9.88. The molecule has 1 aliphatic carbocycles. The fraction of sp³-hybridized carbons (Fsp3) is 0.667. The van der Waals surface area contributed by atoms with E-state index in [0.29, 0.717) is 11.5 Å². The number of nitrogens with one attached hydrogen (secondary N) is 1. The van der Waals surface area contributed by atoms with Gasteiger partial charge in [0, 0.05) is 43.9 Å². The van der Waals surface area contributed by atoms with Crippen molar-refractivity contribution in [3.8, 4) is 0 Å². The molecule has 3 heterocycles. The maximum atomic E-state index is 13.3. The average molecular weight is 364 g/mol. The van der Waals surface area contributed by atoms with E-state index in [4.69, 9.17) is 0 Å². The summed E-state index contributed by atoms with van der Waals surface area (Å²) in [6, 6.07) is 2.39. The van der Waals surface area contributed by atoms with Crippen molar-refractivity contribution in [2.24, 2.45) is 5.41 Å². The van der Waals surface area contributed by atoms with Crippen LogP contribution in [0.25, 0.3) is 11.0 Å². The van der Waals surface area contributed by atoms with Crippen LogP contribution in [0.15, 0.2) is 18.6 Å². The quantitative estimate of drug-likeness (QED) is 0.818. The third-order valence-corrected chi connectivity index (χ3v) is 9.91. The number of anilines is 1. The molecule has 2 aromatic heterocycles. The predicted molar refractivity (Wildman–Crippen MR) is 105 cm³/mol. The number of aromatic amines is 1. The Balaban J connectivity index is 1.67. The molecule has 1 saturated carbocycles. The highest BCUT2D eigenvalue weighted by Crippen LogP contribution is 2.56. The number of likely N-dealkylation sites (N-methyl/N-ethyl adjacent to an activating group) is 1. The molecule has 1 saturated heterocycles. The molecule has 2 aromatic rings. The highest BCUT2D eigenvalue weighted by molar-refractivity contribution is 8.00. The van der Waals surface area contributed by atoms with Crippen molar-refractivity contribution in [3.63, 3.8) is 0 Å². The Hall–Kier alpha value is -1.47. The SMILES string of the molecule is CC(C)[SH](C)(=O)N1CCC2(CC2)[C@@H](N(C)c2ncnc3[nH]ccc23)C1. The van der Waals surface area contributed by atoms with Crippen LogP contribution >= 0.6 is 0 Å². The van der Waals surface area contributed by atoms with Crippen molar-refractivity contribution in [1.29, 1.82) is 0 Å². The van der Waals surface area contributed by atoms with E-state index in [9.17, 15) is 4.21 Å². The fourth-order valence-corrected chi connectivity index (χ4v) is 5.88. The van der Waals surface area contributed by atoms with Crippen molar-refractivity contribution >= 4 is 27.0 Å². The maximum Gasteiger partial charge on any atom is 0.142 e. The molecule has 1 aliphatic heterocycles. The van der Waals surface area contributed by atoms with E-state index in [0.717, 1.165) is 36.4 Å². The van der Waals surface area contributed by atoms with Crippen LogP contribution in [0, 0.1) is 5.41 Å². The lowest BCUT2D eigenvalue weighted by molar-refractivity contribution is 0.219. The number of thiol groups is 1. The van der Waals surface area contributed by atoms with Crippen LogP contribution in [0.4, 0.5) is 5.82 Å². The minimum Gasteiger partial charge on any atom is -0.354 e. The van der Waals surface area contributed by atoms with E-state index in [2.05, 4.69) is 45.1 Å². The molecular formula is C18H29N5OS. The van der Waals surface area contributed by atoms with Gasteiger partial charge < -0.3 is 9.88 Å².